The van der Waals surface area contributed by atoms with Gasteiger partial charge in [-0.2, -0.15) is 0 Å². The zero-order valence-electron chi connectivity index (χ0n) is 24.3. The van der Waals surface area contributed by atoms with Gasteiger partial charge in [-0.1, -0.05) is 57.8 Å². The van der Waals surface area contributed by atoms with Gasteiger partial charge in [0.25, 0.3) is 0 Å². The second-order valence-electron chi connectivity index (χ2n) is 15.0. The summed E-state index contributed by atoms with van der Waals surface area (Å²) >= 11 is 0. The third kappa shape index (κ3) is 4.54. The number of rotatable bonds is 7. The van der Waals surface area contributed by atoms with Gasteiger partial charge < -0.3 is 0 Å². The largest absolute Gasteiger partial charge is 0.0956 e. The van der Waals surface area contributed by atoms with Crippen molar-refractivity contribution in [1.29, 1.82) is 0 Å². The number of allylic oxidation sites excluding steroid dienone is 3. The quantitative estimate of drug-likeness (QED) is 0.319. The van der Waals surface area contributed by atoms with Crippen LogP contribution in [-0.2, 0) is 0 Å². The highest BCUT2D eigenvalue weighted by atomic mass is 14.7. The second kappa shape index (κ2) is 9.98. The average molecular weight is 479 g/mol. The minimum Gasteiger partial charge on any atom is -0.0956 e. The van der Waals surface area contributed by atoms with Crippen molar-refractivity contribution in [2.45, 2.75) is 150 Å². The van der Waals surface area contributed by atoms with E-state index in [2.05, 4.69) is 41.2 Å². The summed E-state index contributed by atoms with van der Waals surface area (Å²) in [6.45, 7) is 16.9. The van der Waals surface area contributed by atoms with Crippen LogP contribution in [0.4, 0.5) is 0 Å². The Bertz CT molecular complexity index is 808. The molecule has 0 amide bonds. The molecule has 0 radical (unpaired) electrons. The van der Waals surface area contributed by atoms with Crippen LogP contribution in [0.2, 0.25) is 0 Å². The molecule has 0 aromatic carbocycles. The zero-order chi connectivity index (χ0) is 24.8. The highest BCUT2D eigenvalue weighted by Gasteiger charge is 2.61. The van der Waals surface area contributed by atoms with Crippen LogP contribution in [0.3, 0.4) is 0 Å². The van der Waals surface area contributed by atoms with Crippen molar-refractivity contribution in [2.24, 2.45) is 45.8 Å². The van der Waals surface area contributed by atoms with Crippen molar-refractivity contribution in [1.82, 2.24) is 0 Å². The molecule has 0 bridgehead atoms. The fraction of sp³-hybridized carbons (Fsp3) is 0.886. The van der Waals surface area contributed by atoms with E-state index in [1.807, 2.05) is 0 Å². The molecule has 1 spiro atoms. The molecule has 7 unspecified atom stereocenters. The zero-order valence-corrected chi connectivity index (χ0v) is 24.3. The molecule has 5 rings (SSSR count). The lowest BCUT2D eigenvalue weighted by Crippen LogP contribution is -2.54. The Hall–Kier alpha value is -0.520. The van der Waals surface area contributed by atoms with Gasteiger partial charge in [0.15, 0.2) is 0 Å². The summed E-state index contributed by atoms with van der Waals surface area (Å²) in [6, 6.07) is 0. The van der Waals surface area contributed by atoms with E-state index in [1.54, 1.807) is 63.4 Å². The molecule has 5 fully saturated rings. The predicted molar refractivity (Wildman–Crippen MR) is 152 cm³/mol. The first-order chi connectivity index (χ1) is 16.7. The minimum absolute atomic E-state index is 0.643. The molecule has 198 valence electrons. The van der Waals surface area contributed by atoms with Gasteiger partial charge in [-0.05, 0) is 162 Å². The Morgan fingerprint density at radius 2 is 1.54 bits per heavy atom. The highest BCUT2D eigenvalue weighted by Crippen LogP contribution is 2.70. The van der Waals surface area contributed by atoms with E-state index in [9.17, 15) is 0 Å². The van der Waals surface area contributed by atoms with Crippen molar-refractivity contribution in [3.63, 3.8) is 0 Å². The molecule has 0 aromatic heterocycles. The summed E-state index contributed by atoms with van der Waals surface area (Å²) in [7, 11) is 0. The van der Waals surface area contributed by atoms with Crippen LogP contribution in [0.25, 0.3) is 0 Å². The Morgan fingerprint density at radius 3 is 2.29 bits per heavy atom. The molecule has 5 saturated carbocycles. The van der Waals surface area contributed by atoms with Gasteiger partial charge >= 0.3 is 0 Å². The fourth-order valence-electron chi connectivity index (χ4n) is 11.2. The fourth-order valence-corrected chi connectivity index (χ4v) is 11.2. The molecule has 0 saturated heterocycles. The topological polar surface area (TPSA) is 0 Å². The second-order valence-corrected chi connectivity index (χ2v) is 15.0. The molecule has 5 aliphatic rings. The molecule has 0 aromatic rings. The Balaban J connectivity index is 1.21. The van der Waals surface area contributed by atoms with Gasteiger partial charge in [0.05, 0.1) is 0 Å². The number of hydrogen-bond donors (Lipinski definition) is 0. The third-order valence-corrected chi connectivity index (χ3v) is 13.6. The van der Waals surface area contributed by atoms with Crippen LogP contribution in [0.1, 0.15) is 150 Å². The Morgan fingerprint density at radius 1 is 0.800 bits per heavy atom. The molecular formula is C35H58. The summed E-state index contributed by atoms with van der Waals surface area (Å²) in [4.78, 5) is 0. The Labute approximate surface area is 219 Å². The van der Waals surface area contributed by atoms with Crippen molar-refractivity contribution >= 4 is 0 Å². The van der Waals surface area contributed by atoms with Gasteiger partial charge in [0, 0.05) is 0 Å². The van der Waals surface area contributed by atoms with Crippen molar-refractivity contribution in [3.8, 4) is 0 Å². The number of hydrogen-bond acceptors (Lipinski definition) is 0. The predicted octanol–water partition coefficient (Wildman–Crippen LogP) is 11.1. The van der Waals surface area contributed by atoms with Crippen LogP contribution in [-0.4, -0.2) is 0 Å². The average Bonchev–Trinajstić information content (AvgIpc) is 3.43. The maximum atomic E-state index is 4.35. The Kier molecular flexibility index (Phi) is 7.45. The van der Waals surface area contributed by atoms with Gasteiger partial charge in [-0.25, -0.2) is 0 Å². The molecular weight excluding hydrogens is 420 g/mol. The third-order valence-electron chi connectivity index (χ3n) is 13.6. The van der Waals surface area contributed by atoms with E-state index < -0.39 is 0 Å². The van der Waals surface area contributed by atoms with E-state index in [0.29, 0.717) is 10.8 Å². The smallest absolute Gasteiger partial charge is 0.0266 e. The lowest BCUT2D eigenvalue weighted by Gasteiger charge is -2.62. The lowest BCUT2D eigenvalue weighted by molar-refractivity contribution is -0.130. The normalized spacial score (nSPS) is 42.8. The van der Waals surface area contributed by atoms with Crippen molar-refractivity contribution in [3.05, 3.63) is 23.3 Å². The molecule has 0 heterocycles. The van der Waals surface area contributed by atoms with Crippen LogP contribution < -0.4 is 0 Å². The van der Waals surface area contributed by atoms with E-state index >= 15 is 0 Å². The molecule has 0 N–H and O–H groups in total. The van der Waals surface area contributed by atoms with Crippen LogP contribution >= 0.6 is 0 Å². The molecule has 0 heteroatoms. The molecule has 0 aliphatic heterocycles. The van der Waals surface area contributed by atoms with Crippen molar-refractivity contribution in [2.75, 3.05) is 0 Å². The monoisotopic (exact) mass is 478 g/mol. The van der Waals surface area contributed by atoms with E-state index in [-0.39, 0.29) is 0 Å². The summed E-state index contributed by atoms with van der Waals surface area (Å²) in [6.07, 6.45) is 26.8. The van der Waals surface area contributed by atoms with Crippen LogP contribution in [0.5, 0.6) is 0 Å². The maximum Gasteiger partial charge on any atom is -0.0266 e. The summed E-state index contributed by atoms with van der Waals surface area (Å²) in [5.74, 6) is 5.18. The number of fused-ring (bicyclic) bond motifs is 5. The first-order valence-corrected chi connectivity index (χ1v) is 16.1. The lowest BCUT2D eigenvalue weighted by atomic mass is 9.43. The van der Waals surface area contributed by atoms with Gasteiger partial charge in [-0.3, -0.25) is 0 Å². The van der Waals surface area contributed by atoms with Crippen molar-refractivity contribution < 1.29 is 0 Å². The SMILES string of the molecule is C=C(CCC)/C(C)=C(\C)CCCC1CCC2C3CCC4CC5(CCCC5)CCC4(C)C3CCC12C. The van der Waals surface area contributed by atoms with E-state index in [1.165, 1.54) is 62.5 Å². The molecule has 0 nitrogen and oxygen atoms in total. The van der Waals surface area contributed by atoms with E-state index in [4.69, 9.17) is 0 Å². The van der Waals surface area contributed by atoms with Gasteiger partial charge in [-0.15, -0.1) is 0 Å². The minimum atomic E-state index is 0.643. The molecule has 7 atom stereocenters. The van der Waals surface area contributed by atoms with Gasteiger partial charge in [0.1, 0.15) is 0 Å². The van der Waals surface area contributed by atoms with E-state index in [0.717, 1.165) is 41.4 Å². The highest BCUT2D eigenvalue weighted by molar-refractivity contribution is 5.30. The summed E-state index contributed by atoms with van der Waals surface area (Å²) in [5, 5.41) is 0. The standard InChI is InChI=1S/C35H58/c1-7-11-25(2)27(4)26(3)12-10-13-28-15-17-31-30-16-14-29-24-35(19-8-9-20-35)23-22-34(29,6)32(30)18-21-33(28,31)5/h28-32H,2,7-24H2,1,3-6H3/b27-26+. The maximum absolute atomic E-state index is 4.35. The first-order valence-electron chi connectivity index (χ1n) is 16.1. The first kappa shape index (κ1) is 26.1. The summed E-state index contributed by atoms with van der Waals surface area (Å²) < 4.78 is 0. The molecule has 5 aliphatic carbocycles. The van der Waals surface area contributed by atoms with Crippen LogP contribution in [0.15, 0.2) is 23.3 Å². The van der Waals surface area contributed by atoms with Crippen LogP contribution in [0, 0.1) is 45.8 Å². The van der Waals surface area contributed by atoms with Gasteiger partial charge in [0.2, 0.25) is 0 Å². The molecule has 35 heavy (non-hydrogen) atoms. The summed E-state index contributed by atoms with van der Waals surface area (Å²) in [5.41, 5.74) is 6.59.